The van der Waals surface area contributed by atoms with E-state index in [1.54, 1.807) is 30.5 Å². The normalized spacial score (nSPS) is 16.0. The summed E-state index contributed by atoms with van der Waals surface area (Å²) in [6.45, 7) is 0.0904. The highest BCUT2D eigenvalue weighted by molar-refractivity contribution is 9.10. The first-order valence-corrected chi connectivity index (χ1v) is 7.86. The van der Waals surface area contributed by atoms with Gasteiger partial charge in [-0.2, -0.15) is 0 Å². The van der Waals surface area contributed by atoms with Gasteiger partial charge in [0.15, 0.2) is 0 Å². The smallest absolute Gasteiger partial charge is 0.255 e. The zero-order chi connectivity index (χ0) is 16.1. The van der Waals surface area contributed by atoms with E-state index in [0.29, 0.717) is 26.9 Å². The largest absolute Gasteiger partial charge is 0.340 e. The van der Waals surface area contributed by atoms with E-state index in [0.717, 1.165) is 4.47 Å². The second-order valence-corrected chi connectivity index (χ2v) is 6.69. The number of benzene rings is 1. The lowest BCUT2D eigenvalue weighted by molar-refractivity contribution is 0.0731. The van der Waals surface area contributed by atoms with Crippen LogP contribution in [0.1, 0.15) is 21.6 Å². The summed E-state index contributed by atoms with van der Waals surface area (Å²) in [6.07, 6.45) is 1.55. The molecule has 0 spiro atoms. The average Bonchev–Trinajstić information content (AvgIpc) is 2.63. The molecule has 0 unspecified atom stereocenters. The van der Waals surface area contributed by atoms with Crippen molar-refractivity contribution in [3.8, 4) is 0 Å². The summed E-state index contributed by atoms with van der Waals surface area (Å²) in [4.78, 5) is 18.0. The fourth-order valence-corrected chi connectivity index (χ4v) is 3.75. The van der Waals surface area contributed by atoms with Gasteiger partial charge < -0.3 is 4.90 Å². The maximum atomic E-state index is 12.5. The van der Waals surface area contributed by atoms with Crippen molar-refractivity contribution in [2.45, 2.75) is 11.9 Å². The Morgan fingerprint density at radius 1 is 1.27 bits per heavy atom. The molecule has 0 fully saturated rings. The number of carbonyl (C=O) groups is 1. The molecule has 3 rings (SSSR count). The van der Waals surface area contributed by atoms with E-state index >= 15 is 0 Å². The van der Waals surface area contributed by atoms with Gasteiger partial charge in [0.2, 0.25) is 0 Å². The summed E-state index contributed by atoms with van der Waals surface area (Å²) in [5, 5.41) is -0.660. The zero-order valence-electron chi connectivity index (χ0n) is 11.2. The van der Waals surface area contributed by atoms with Crippen molar-refractivity contribution in [1.82, 2.24) is 9.88 Å². The van der Waals surface area contributed by atoms with Crippen LogP contribution in [0, 0.1) is 0 Å². The van der Waals surface area contributed by atoms with E-state index in [-0.39, 0.29) is 12.5 Å². The third-order valence-electron chi connectivity index (χ3n) is 3.53. The van der Waals surface area contributed by atoms with Crippen LogP contribution in [0.2, 0.25) is 10.0 Å². The Bertz CT molecular complexity index is 762. The van der Waals surface area contributed by atoms with Crippen molar-refractivity contribution in [1.29, 1.82) is 0 Å². The Morgan fingerprint density at radius 3 is 2.50 bits per heavy atom. The first kappa shape index (κ1) is 15.9. The molecule has 0 aliphatic carbocycles. The molecule has 3 nitrogen and oxygen atoms in total. The van der Waals surface area contributed by atoms with Crippen LogP contribution >= 0.6 is 39.1 Å². The van der Waals surface area contributed by atoms with Gasteiger partial charge in [0.1, 0.15) is 0 Å². The number of pyridine rings is 1. The maximum Gasteiger partial charge on any atom is 0.255 e. The number of rotatable bonds is 2. The standard InChI is InChI=1S/C14H7B2BrCl2N2O/c15-14(16)12-8(2-1-3-20-12)13(22)21(14)6-9-10(18)4-7(17)5-11(9)19/h1-5H,6H2. The first-order chi connectivity index (χ1) is 10.3. The zero-order valence-corrected chi connectivity index (χ0v) is 14.3. The molecule has 1 aliphatic rings. The van der Waals surface area contributed by atoms with Gasteiger partial charge in [-0.3, -0.25) is 9.78 Å². The van der Waals surface area contributed by atoms with E-state index in [9.17, 15) is 4.79 Å². The van der Waals surface area contributed by atoms with Gasteiger partial charge in [0.25, 0.3) is 5.91 Å². The van der Waals surface area contributed by atoms with Crippen molar-refractivity contribution >= 4 is 60.7 Å². The van der Waals surface area contributed by atoms with Gasteiger partial charge in [0.05, 0.1) is 26.9 Å². The van der Waals surface area contributed by atoms with Crippen LogP contribution in [0.15, 0.2) is 34.9 Å². The first-order valence-electron chi connectivity index (χ1n) is 6.31. The lowest BCUT2D eigenvalue weighted by atomic mass is 9.59. The van der Waals surface area contributed by atoms with Crippen LogP contribution in [-0.2, 0) is 11.9 Å². The SMILES string of the molecule is [B]C1([B])c2ncccc2C(=O)N1Cc1c(Cl)cc(Br)cc1Cl. The molecule has 0 bridgehead atoms. The average molecular weight is 392 g/mol. The van der Waals surface area contributed by atoms with Crippen molar-refractivity contribution in [3.05, 3.63) is 61.8 Å². The number of hydrogen-bond acceptors (Lipinski definition) is 2. The summed E-state index contributed by atoms with van der Waals surface area (Å²) < 4.78 is 0.746. The molecule has 1 aromatic carbocycles. The summed E-state index contributed by atoms with van der Waals surface area (Å²) in [7, 11) is 12.3. The van der Waals surface area contributed by atoms with E-state index in [2.05, 4.69) is 20.9 Å². The number of nitrogens with zero attached hydrogens (tertiary/aromatic N) is 2. The summed E-state index contributed by atoms with van der Waals surface area (Å²) in [5.74, 6) is -0.303. The highest BCUT2D eigenvalue weighted by atomic mass is 79.9. The van der Waals surface area contributed by atoms with Crippen LogP contribution in [0.25, 0.3) is 0 Å². The number of amides is 1. The van der Waals surface area contributed by atoms with E-state index in [1.165, 1.54) is 4.90 Å². The Balaban J connectivity index is 2.03. The number of carbonyl (C=O) groups excluding carboxylic acids is 1. The number of halogens is 3. The predicted octanol–water partition coefficient (Wildman–Crippen LogP) is 3.25. The molecule has 1 aliphatic heterocycles. The van der Waals surface area contributed by atoms with Gasteiger partial charge in [-0.05, 0) is 24.3 Å². The van der Waals surface area contributed by atoms with Gasteiger partial charge >= 0.3 is 0 Å². The predicted molar refractivity (Wildman–Crippen MR) is 91.5 cm³/mol. The van der Waals surface area contributed by atoms with E-state index in [1.807, 2.05) is 0 Å². The Hall–Kier alpha value is -0.970. The van der Waals surface area contributed by atoms with Crippen LogP contribution in [-0.4, -0.2) is 31.5 Å². The second kappa shape index (κ2) is 5.59. The van der Waals surface area contributed by atoms with E-state index in [4.69, 9.17) is 38.9 Å². The lowest BCUT2D eigenvalue weighted by Crippen LogP contribution is -2.44. The molecular formula is C14H7B2BrCl2N2O. The molecular weight excluding hydrogens is 385 g/mol. The minimum atomic E-state index is -1.51. The lowest BCUT2D eigenvalue weighted by Gasteiger charge is -2.33. The molecule has 4 radical (unpaired) electrons. The van der Waals surface area contributed by atoms with Crippen molar-refractivity contribution in [2.75, 3.05) is 0 Å². The van der Waals surface area contributed by atoms with Crippen LogP contribution in [0.5, 0.6) is 0 Å². The topological polar surface area (TPSA) is 33.2 Å². The minimum Gasteiger partial charge on any atom is -0.340 e. The fourth-order valence-electron chi connectivity index (χ4n) is 2.42. The maximum absolute atomic E-state index is 12.5. The molecule has 22 heavy (non-hydrogen) atoms. The minimum absolute atomic E-state index is 0.0904. The molecule has 2 heterocycles. The Kier molecular flexibility index (Phi) is 4.04. The molecule has 0 saturated carbocycles. The molecule has 0 N–H and O–H groups in total. The van der Waals surface area contributed by atoms with Crippen molar-refractivity contribution < 1.29 is 4.79 Å². The van der Waals surface area contributed by atoms with Crippen molar-refractivity contribution in [2.24, 2.45) is 0 Å². The van der Waals surface area contributed by atoms with Crippen LogP contribution < -0.4 is 0 Å². The van der Waals surface area contributed by atoms with E-state index < -0.39 is 5.34 Å². The van der Waals surface area contributed by atoms with Gasteiger partial charge in [-0.25, -0.2) is 0 Å². The van der Waals surface area contributed by atoms with Crippen molar-refractivity contribution in [3.63, 3.8) is 0 Å². The summed E-state index contributed by atoms with van der Waals surface area (Å²) >= 11 is 15.7. The quantitative estimate of drug-likeness (QED) is 0.736. The van der Waals surface area contributed by atoms with Gasteiger partial charge in [-0.1, -0.05) is 39.1 Å². The molecule has 1 amide bonds. The third kappa shape index (κ3) is 2.47. The third-order valence-corrected chi connectivity index (χ3v) is 4.66. The monoisotopic (exact) mass is 390 g/mol. The number of aromatic nitrogens is 1. The Labute approximate surface area is 148 Å². The van der Waals surface area contributed by atoms with Gasteiger partial charge in [0, 0.05) is 38.2 Å². The Morgan fingerprint density at radius 2 is 1.91 bits per heavy atom. The molecule has 8 heteroatoms. The molecule has 2 aromatic rings. The van der Waals surface area contributed by atoms with Crippen LogP contribution in [0.4, 0.5) is 0 Å². The fraction of sp³-hybridized carbons (Fsp3) is 0.143. The molecule has 106 valence electrons. The highest BCUT2D eigenvalue weighted by Gasteiger charge is 2.43. The van der Waals surface area contributed by atoms with Crippen LogP contribution in [0.3, 0.4) is 0 Å². The molecule has 0 saturated heterocycles. The molecule has 1 aromatic heterocycles. The molecule has 0 atom stereocenters. The summed E-state index contributed by atoms with van der Waals surface area (Å²) in [5.41, 5.74) is 1.30. The van der Waals surface area contributed by atoms with Gasteiger partial charge in [-0.15, -0.1) is 0 Å². The second-order valence-electron chi connectivity index (χ2n) is 4.96. The summed E-state index contributed by atoms with van der Waals surface area (Å²) in [6, 6.07) is 6.70. The number of hydrogen-bond donors (Lipinski definition) is 0. The number of fused-ring (bicyclic) bond motifs is 1. The highest BCUT2D eigenvalue weighted by Crippen LogP contribution is 2.37.